The molecule has 0 saturated carbocycles. The molecule has 2 nitrogen and oxygen atoms in total. The Hall–Kier alpha value is -1.23. The molecule has 0 amide bonds. The predicted octanol–water partition coefficient (Wildman–Crippen LogP) is 5.14. The topological polar surface area (TPSA) is 38.0 Å². The second-order valence-corrected chi connectivity index (χ2v) is 6.74. The molecule has 110 valence electrons. The van der Waals surface area contributed by atoms with Gasteiger partial charge in [-0.25, -0.2) is 0 Å². The Labute approximate surface area is 140 Å². The molecule has 2 rings (SSSR count). The molecule has 0 unspecified atom stereocenters. The van der Waals surface area contributed by atoms with Crippen molar-refractivity contribution >= 4 is 51.9 Å². The first-order valence-corrected chi connectivity index (χ1v) is 8.39. The van der Waals surface area contributed by atoms with Gasteiger partial charge >= 0.3 is 0 Å². The van der Waals surface area contributed by atoms with E-state index in [1.54, 1.807) is 11.8 Å². The minimum atomic E-state index is 0.386. The van der Waals surface area contributed by atoms with Crippen LogP contribution >= 0.6 is 35.6 Å². The summed E-state index contributed by atoms with van der Waals surface area (Å²) in [5.41, 5.74) is 9.63. The summed E-state index contributed by atoms with van der Waals surface area (Å²) in [5.74, 6) is 0.963. The van der Waals surface area contributed by atoms with Gasteiger partial charge in [0, 0.05) is 16.1 Å². The van der Waals surface area contributed by atoms with Gasteiger partial charge < -0.3 is 11.1 Å². The highest BCUT2D eigenvalue weighted by molar-refractivity contribution is 7.99. The number of nitrogens with two attached hydrogens (primary N) is 1. The Kier molecular flexibility index (Phi) is 5.51. The molecule has 0 spiro atoms. The largest absolute Gasteiger partial charge is 0.389 e. The maximum absolute atomic E-state index is 6.28. The van der Waals surface area contributed by atoms with Gasteiger partial charge in [-0.2, -0.15) is 0 Å². The van der Waals surface area contributed by atoms with Gasteiger partial charge in [-0.05, 0) is 42.5 Å². The number of rotatable bonds is 5. The van der Waals surface area contributed by atoms with Crippen molar-refractivity contribution in [1.29, 1.82) is 0 Å². The standard InChI is InChI=1S/C16H17ClN2S2/c1-3-21-14-6-4-5-13(15(14)16(18)20)19-12-8-7-10(2)9-11(12)17/h4-9,19H,3H2,1-2H3,(H2,18,20). The lowest BCUT2D eigenvalue weighted by Gasteiger charge is -2.16. The average Bonchev–Trinajstić information content (AvgIpc) is 2.42. The van der Waals surface area contributed by atoms with Crippen molar-refractivity contribution < 1.29 is 0 Å². The lowest BCUT2D eigenvalue weighted by Crippen LogP contribution is -2.13. The summed E-state index contributed by atoms with van der Waals surface area (Å²) in [6.07, 6.45) is 0. The van der Waals surface area contributed by atoms with Crippen LogP contribution in [-0.2, 0) is 0 Å². The minimum Gasteiger partial charge on any atom is -0.389 e. The molecular formula is C16H17ClN2S2. The molecule has 0 saturated heterocycles. The zero-order valence-electron chi connectivity index (χ0n) is 11.9. The molecule has 0 aromatic heterocycles. The highest BCUT2D eigenvalue weighted by Crippen LogP contribution is 2.32. The van der Waals surface area contributed by atoms with Crippen LogP contribution in [0.15, 0.2) is 41.3 Å². The molecule has 0 heterocycles. The normalized spacial score (nSPS) is 10.4. The molecule has 0 atom stereocenters. The van der Waals surface area contributed by atoms with E-state index < -0.39 is 0 Å². The quantitative estimate of drug-likeness (QED) is 0.585. The first-order valence-electron chi connectivity index (χ1n) is 6.61. The number of halogens is 1. The SMILES string of the molecule is CCSc1cccc(Nc2ccc(C)cc2Cl)c1C(N)=S. The van der Waals surface area contributed by atoms with Crippen LogP contribution in [0.5, 0.6) is 0 Å². The van der Waals surface area contributed by atoms with Crippen LogP contribution in [0.4, 0.5) is 11.4 Å². The zero-order valence-corrected chi connectivity index (χ0v) is 14.3. The summed E-state index contributed by atoms with van der Waals surface area (Å²) >= 11 is 13.2. The van der Waals surface area contributed by atoms with E-state index in [4.69, 9.17) is 29.6 Å². The van der Waals surface area contributed by atoms with Gasteiger partial charge in [0.25, 0.3) is 0 Å². The van der Waals surface area contributed by atoms with E-state index >= 15 is 0 Å². The summed E-state index contributed by atoms with van der Waals surface area (Å²) in [7, 11) is 0. The fourth-order valence-electron chi connectivity index (χ4n) is 2.03. The fraction of sp³-hybridized carbons (Fsp3) is 0.188. The van der Waals surface area contributed by atoms with Crippen molar-refractivity contribution in [2.45, 2.75) is 18.7 Å². The fourth-order valence-corrected chi connectivity index (χ4v) is 3.45. The molecule has 0 aliphatic heterocycles. The van der Waals surface area contributed by atoms with Crippen molar-refractivity contribution in [3.63, 3.8) is 0 Å². The number of nitrogens with one attached hydrogen (secondary N) is 1. The van der Waals surface area contributed by atoms with Crippen LogP contribution in [0.1, 0.15) is 18.1 Å². The lowest BCUT2D eigenvalue weighted by molar-refractivity contribution is 1.37. The third-order valence-electron chi connectivity index (χ3n) is 2.97. The van der Waals surface area contributed by atoms with Gasteiger partial charge in [0.1, 0.15) is 4.99 Å². The number of anilines is 2. The van der Waals surface area contributed by atoms with E-state index in [2.05, 4.69) is 12.2 Å². The molecule has 2 aromatic carbocycles. The number of hydrogen-bond acceptors (Lipinski definition) is 3. The highest BCUT2D eigenvalue weighted by Gasteiger charge is 2.12. The summed E-state index contributed by atoms with van der Waals surface area (Å²) in [4.78, 5) is 1.47. The van der Waals surface area contributed by atoms with E-state index in [0.717, 1.165) is 33.2 Å². The van der Waals surface area contributed by atoms with Gasteiger partial charge in [-0.15, -0.1) is 11.8 Å². The molecule has 3 N–H and O–H groups in total. The predicted molar refractivity (Wildman–Crippen MR) is 98.2 cm³/mol. The Morgan fingerprint density at radius 3 is 2.67 bits per heavy atom. The smallest absolute Gasteiger partial charge is 0.107 e. The van der Waals surface area contributed by atoms with E-state index in [1.807, 2.05) is 43.3 Å². The molecule has 0 radical (unpaired) electrons. The van der Waals surface area contributed by atoms with E-state index in [-0.39, 0.29) is 0 Å². The summed E-state index contributed by atoms with van der Waals surface area (Å²) < 4.78 is 0. The maximum atomic E-state index is 6.28. The summed E-state index contributed by atoms with van der Waals surface area (Å²) in [5, 5.41) is 4.01. The third-order valence-corrected chi connectivity index (χ3v) is 4.42. The molecule has 5 heteroatoms. The molecule has 0 fully saturated rings. The Morgan fingerprint density at radius 2 is 2.05 bits per heavy atom. The van der Waals surface area contributed by atoms with Crippen LogP contribution in [0.2, 0.25) is 5.02 Å². The molecular weight excluding hydrogens is 320 g/mol. The molecule has 21 heavy (non-hydrogen) atoms. The second kappa shape index (κ2) is 7.16. The van der Waals surface area contributed by atoms with Crippen LogP contribution < -0.4 is 11.1 Å². The van der Waals surface area contributed by atoms with Gasteiger partial charge in [0.15, 0.2) is 0 Å². The summed E-state index contributed by atoms with van der Waals surface area (Å²) in [6, 6.07) is 11.9. The number of hydrogen-bond donors (Lipinski definition) is 2. The van der Waals surface area contributed by atoms with Gasteiger partial charge in [0.05, 0.1) is 10.7 Å². The number of benzene rings is 2. The molecule has 0 bridgehead atoms. The van der Waals surface area contributed by atoms with Crippen LogP contribution in [0, 0.1) is 6.92 Å². The van der Waals surface area contributed by atoms with E-state index in [1.165, 1.54) is 0 Å². The lowest BCUT2D eigenvalue weighted by atomic mass is 10.1. The molecule has 0 aliphatic carbocycles. The molecule has 2 aromatic rings. The first-order chi connectivity index (χ1) is 10.0. The number of thiocarbonyl (C=S) groups is 1. The van der Waals surface area contributed by atoms with Crippen molar-refractivity contribution in [3.8, 4) is 0 Å². The number of aryl methyl sites for hydroxylation is 1. The van der Waals surface area contributed by atoms with Crippen LogP contribution in [0.3, 0.4) is 0 Å². The average molecular weight is 337 g/mol. The molecule has 0 aliphatic rings. The van der Waals surface area contributed by atoms with Crippen molar-refractivity contribution in [2.24, 2.45) is 5.73 Å². The van der Waals surface area contributed by atoms with Gasteiger partial charge in [0.2, 0.25) is 0 Å². The Morgan fingerprint density at radius 1 is 1.29 bits per heavy atom. The van der Waals surface area contributed by atoms with E-state index in [0.29, 0.717) is 10.0 Å². The maximum Gasteiger partial charge on any atom is 0.107 e. The van der Waals surface area contributed by atoms with Crippen molar-refractivity contribution in [1.82, 2.24) is 0 Å². The second-order valence-electron chi connectivity index (χ2n) is 4.58. The van der Waals surface area contributed by atoms with Gasteiger partial charge in [-0.3, -0.25) is 0 Å². The monoisotopic (exact) mass is 336 g/mol. The van der Waals surface area contributed by atoms with Crippen LogP contribution in [0.25, 0.3) is 0 Å². The third kappa shape index (κ3) is 3.90. The zero-order chi connectivity index (χ0) is 15.4. The van der Waals surface area contributed by atoms with Crippen molar-refractivity contribution in [2.75, 3.05) is 11.1 Å². The Balaban J connectivity index is 2.43. The summed E-state index contributed by atoms with van der Waals surface area (Å²) in [6.45, 7) is 4.11. The van der Waals surface area contributed by atoms with Crippen molar-refractivity contribution in [3.05, 3.63) is 52.5 Å². The Bertz CT molecular complexity index is 671. The first kappa shape index (κ1) is 16.1. The van der Waals surface area contributed by atoms with Crippen LogP contribution in [-0.4, -0.2) is 10.7 Å². The minimum absolute atomic E-state index is 0.386. The van der Waals surface area contributed by atoms with E-state index in [9.17, 15) is 0 Å². The number of thioether (sulfide) groups is 1. The highest BCUT2D eigenvalue weighted by atomic mass is 35.5. The van der Waals surface area contributed by atoms with Gasteiger partial charge in [-0.1, -0.05) is 42.9 Å².